The molecule has 0 spiro atoms. The van der Waals surface area contributed by atoms with E-state index in [-0.39, 0.29) is 24.9 Å². The molecule has 1 heterocycles. The maximum atomic E-state index is 11.7. The number of aliphatic hydroxyl groups excluding tert-OH is 1. The van der Waals surface area contributed by atoms with Crippen molar-refractivity contribution in [2.24, 2.45) is 0 Å². The molecule has 0 aliphatic carbocycles. The molecule has 1 fully saturated rings. The molecule has 0 bridgehead atoms. The largest absolute Gasteiger partial charge is 0.497 e. The van der Waals surface area contributed by atoms with E-state index in [4.69, 9.17) is 28.1 Å². The fourth-order valence-electron chi connectivity index (χ4n) is 7.01. The average molecular weight is 719 g/mol. The van der Waals surface area contributed by atoms with Crippen LogP contribution in [-0.4, -0.2) is 57.8 Å². The lowest BCUT2D eigenvalue weighted by atomic mass is 9.98. The third-order valence-corrected chi connectivity index (χ3v) is 14.7. The Morgan fingerprint density at radius 3 is 1.44 bits per heavy atom. The van der Waals surface area contributed by atoms with Gasteiger partial charge in [0.05, 0.1) is 33.5 Å². The molecular weight excluding hydrogens is 669 g/mol. The average Bonchev–Trinajstić information content (AvgIpc) is 3.18. The van der Waals surface area contributed by atoms with Crippen LogP contribution in [-0.2, 0) is 43.2 Å². The smallest absolute Gasteiger partial charge is 0.261 e. The maximum absolute atomic E-state index is 11.7. The lowest BCUT2D eigenvalue weighted by Gasteiger charge is -2.47. The van der Waals surface area contributed by atoms with Gasteiger partial charge < -0.3 is 33.2 Å². The maximum Gasteiger partial charge on any atom is 0.261 e. The summed E-state index contributed by atoms with van der Waals surface area (Å²) in [5.74, 6) is 0.767. The summed E-state index contributed by atoms with van der Waals surface area (Å²) in [5.41, 5.74) is 2.94. The summed E-state index contributed by atoms with van der Waals surface area (Å²) in [6.07, 6.45) is -4.17. The molecule has 5 aromatic carbocycles. The highest BCUT2D eigenvalue weighted by Crippen LogP contribution is 2.38. The van der Waals surface area contributed by atoms with Crippen molar-refractivity contribution in [2.45, 2.75) is 76.3 Å². The topological polar surface area (TPSA) is 75.6 Å². The molecule has 0 unspecified atom stereocenters. The van der Waals surface area contributed by atoms with Crippen LogP contribution < -0.4 is 15.1 Å². The number of hydrogen-bond donors (Lipinski definition) is 1. The van der Waals surface area contributed by atoms with Gasteiger partial charge in [-0.2, -0.15) is 0 Å². The van der Waals surface area contributed by atoms with E-state index >= 15 is 0 Å². The van der Waals surface area contributed by atoms with E-state index in [0.717, 1.165) is 32.8 Å². The van der Waals surface area contributed by atoms with Crippen LogP contribution in [0.1, 0.15) is 37.5 Å². The Morgan fingerprint density at radius 1 is 0.558 bits per heavy atom. The number of ether oxygens (including phenoxy) is 5. The van der Waals surface area contributed by atoms with Gasteiger partial charge >= 0.3 is 0 Å². The SMILES string of the molecule is COc1ccc(CO[C@H]2[C@H](OCc3ccccc3)[C@@H](OCc3ccccc3)[C@@H](O)O[C@@H]2CO[Si](c2ccccc2)(c2ccccc2)C(C)(C)C)cc1. The zero-order chi connectivity index (χ0) is 36.4. The monoisotopic (exact) mass is 718 g/mol. The van der Waals surface area contributed by atoms with Crippen LogP contribution in [0.5, 0.6) is 5.75 Å². The minimum absolute atomic E-state index is 0.161. The molecule has 5 aromatic rings. The van der Waals surface area contributed by atoms with Crippen molar-refractivity contribution in [1.82, 2.24) is 0 Å². The molecule has 1 saturated heterocycles. The molecule has 8 heteroatoms. The first kappa shape index (κ1) is 37.6. The fraction of sp³-hybridized carbons (Fsp3) is 0.318. The van der Waals surface area contributed by atoms with E-state index in [1.54, 1.807) is 7.11 Å². The Hall–Kier alpha value is -4.12. The zero-order valence-electron chi connectivity index (χ0n) is 30.5. The zero-order valence-corrected chi connectivity index (χ0v) is 31.5. The molecule has 5 atom stereocenters. The van der Waals surface area contributed by atoms with Crippen molar-refractivity contribution in [1.29, 1.82) is 0 Å². The Bertz CT molecular complexity index is 1730. The number of aliphatic hydroxyl groups is 1. The van der Waals surface area contributed by atoms with Gasteiger partial charge in [-0.1, -0.05) is 154 Å². The van der Waals surface area contributed by atoms with E-state index in [9.17, 15) is 5.11 Å². The molecule has 6 rings (SSSR count). The highest BCUT2D eigenvalue weighted by molar-refractivity contribution is 6.99. The second kappa shape index (κ2) is 17.6. The molecule has 1 aliphatic heterocycles. The number of methoxy groups -OCH3 is 1. The summed E-state index contributed by atoms with van der Waals surface area (Å²) >= 11 is 0. The van der Waals surface area contributed by atoms with Gasteiger partial charge in [0.1, 0.15) is 30.2 Å². The summed E-state index contributed by atoms with van der Waals surface area (Å²) in [7, 11) is -1.31. The molecule has 0 saturated carbocycles. The molecular formula is C44H50O7Si. The van der Waals surface area contributed by atoms with Crippen molar-refractivity contribution in [3.05, 3.63) is 162 Å². The summed E-state index contributed by atoms with van der Waals surface area (Å²) in [5, 5.41) is 13.8. The summed E-state index contributed by atoms with van der Waals surface area (Å²) in [6, 6.07) is 48.7. The van der Waals surface area contributed by atoms with Crippen LogP contribution in [0.2, 0.25) is 5.04 Å². The molecule has 0 amide bonds. The van der Waals surface area contributed by atoms with Crippen LogP contribution in [0.4, 0.5) is 0 Å². The summed E-state index contributed by atoms with van der Waals surface area (Å²) in [6.45, 7) is 7.74. The van der Waals surface area contributed by atoms with Crippen LogP contribution in [0.15, 0.2) is 146 Å². The molecule has 0 radical (unpaired) electrons. The number of rotatable bonds is 15. The van der Waals surface area contributed by atoms with Crippen LogP contribution in [0.25, 0.3) is 0 Å². The quantitative estimate of drug-likeness (QED) is 0.116. The lowest BCUT2D eigenvalue weighted by molar-refractivity contribution is -0.314. The lowest BCUT2D eigenvalue weighted by Crippen LogP contribution is -2.68. The van der Waals surface area contributed by atoms with Crippen molar-refractivity contribution in [3.63, 3.8) is 0 Å². The third kappa shape index (κ3) is 8.90. The first-order valence-electron chi connectivity index (χ1n) is 17.9. The van der Waals surface area contributed by atoms with Crippen molar-refractivity contribution in [3.8, 4) is 5.75 Å². The first-order valence-corrected chi connectivity index (χ1v) is 19.8. The van der Waals surface area contributed by atoms with Gasteiger partial charge in [0.25, 0.3) is 8.32 Å². The number of hydrogen-bond acceptors (Lipinski definition) is 7. The molecule has 1 aliphatic rings. The number of benzene rings is 5. The standard InChI is InChI=1S/C44H50O7Si/c1-44(2,3)52(37-21-13-7-14-22-37,38-23-15-8-16-24-38)50-32-39-40(47-31-35-25-27-36(46-4)28-26-35)41(48-29-33-17-9-5-10-18-33)42(43(45)51-39)49-30-34-19-11-6-12-20-34/h5-28,39-43,45H,29-32H2,1-4H3/t39-,40-,41+,42-,43+/m1/s1. The van der Waals surface area contributed by atoms with Crippen LogP contribution in [0.3, 0.4) is 0 Å². The Kier molecular flexibility index (Phi) is 12.7. The van der Waals surface area contributed by atoms with Crippen LogP contribution in [0, 0.1) is 0 Å². The van der Waals surface area contributed by atoms with Crippen molar-refractivity contribution < 1.29 is 33.2 Å². The van der Waals surface area contributed by atoms with Gasteiger partial charge in [-0.25, -0.2) is 0 Å². The third-order valence-electron chi connectivity index (χ3n) is 9.66. The van der Waals surface area contributed by atoms with Crippen molar-refractivity contribution >= 4 is 18.7 Å². The molecule has 0 aromatic heterocycles. The second-order valence-corrected chi connectivity index (χ2v) is 18.5. The van der Waals surface area contributed by atoms with E-state index < -0.39 is 39.0 Å². The molecule has 52 heavy (non-hydrogen) atoms. The predicted octanol–water partition coefficient (Wildman–Crippen LogP) is 7.05. The second-order valence-electron chi connectivity index (χ2n) is 14.2. The Morgan fingerprint density at radius 2 is 0.981 bits per heavy atom. The van der Waals surface area contributed by atoms with E-state index in [2.05, 4.69) is 69.3 Å². The first-order chi connectivity index (χ1) is 25.3. The molecule has 7 nitrogen and oxygen atoms in total. The van der Waals surface area contributed by atoms with Gasteiger partial charge in [0.15, 0.2) is 6.29 Å². The highest BCUT2D eigenvalue weighted by Gasteiger charge is 2.53. The summed E-state index contributed by atoms with van der Waals surface area (Å²) < 4.78 is 39.2. The van der Waals surface area contributed by atoms with Gasteiger partial charge in [0, 0.05) is 0 Å². The van der Waals surface area contributed by atoms with E-state index in [1.807, 2.05) is 97.1 Å². The Balaban J connectivity index is 1.36. The molecule has 1 N–H and O–H groups in total. The minimum atomic E-state index is -2.95. The fourth-order valence-corrected chi connectivity index (χ4v) is 11.6. The molecule has 272 valence electrons. The predicted molar refractivity (Wildman–Crippen MR) is 206 cm³/mol. The van der Waals surface area contributed by atoms with Gasteiger partial charge in [-0.15, -0.1) is 0 Å². The van der Waals surface area contributed by atoms with Gasteiger partial charge in [0.2, 0.25) is 0 Å². The van der Waals surface area contributed by atoms with Gasteiger partial charge in [-0.05, 0) is 44.2 Å². The summed E-state index contributed by atoms with van der Waals surface area (Å²) in [4.78, 5) is 0. The minimum Gasteiger partial charge on any atom is -0.497 e. The normalized spacial score (nSPS) is 20.8. The Labute approximate surface area is 309 Å². The van der Waals surface area contributed by atoms with Crippen molar-refractivity contribution in [2.75, 3.05) is 13.7 Å². The van der Waals surface area contributed by atoms with E-state index in [1.165, 1.54) is 0 Å². The highest BCUT2D eigenvalue weighted by atomic mass is 28.4. The van der Waals surface area contributed by atoms with Gasteiger partial charge in [-0.3, -0.25) is 0 Å². The van der Waals surface area contributed by atoms with E-state index in [0.29, 0.717) is 6.61 Å². The van der Waals surface area contributed by atoms with Crippen LogP contribution >= 0.6 is 0 Å².